The summed E-state index contributed by atoms with van der Waals surface area (Å²) >= 11 is 3.33. The Hall–Kier alpha value is -2.77. The highest BCUT2D eigenvalue weighted by atomic mass is 79.9. The van der Waals surface area contributed by atoms with Crippen LogP contribution in [0, 0.1) is 11.3 Å². The Kier molecular flexibility index (Phi) is 5.71. The minimum Gasteiger partial charge on any atom is -0.265 e. The van der Waals surface area contributed by atoms with Crippen molar-refractivity contribution < 1.29 is 0 Å². The van der Waals surface area contributed by atoms with Crippen LogP contribution in [-0.4, -0.2) is 16.7 Å². The molecule has 1 heterocycles. The fraction of sp³-hybridized carbons (Fsp3) is 0.0952. The molecular weight excluding hydrogens is 374 g/mol. The minimum absolute atomic E-state index is 0.474. The molecule has 0 amide bonds. The number of benzene rings is 2. The highest BCUT2D eigenvalue weighted by molar-refractivity contribution is 9.10. The Labute approximate surface area is 155 Å². The van der Waals surface area contributed by atoms with Crippen LogP contribution in [-0.2, 0) is 6.42 Å². The molecule has 2 aromatic carbocycles. The number of hydrogen-bond donors (Lipinski definition) is 0. The van der Waals surface area contributed by atoms with Crippen LogP contribution in [0.2, 0.25) is 0 Å². The van der Waals surface area contributed by atoms with E-state index in [1.54, 1.807) is 6.20 Å². The Morgan fingerprint density at radius 2 is 1.56 bits per heavy atom. The van der Waals surface area contributed by atoms with E-state index < -0.39 is 6.04 Å². The van der Waals surface area contributed by atoms with Gasteiger partial charge in [0.25, 0.3) is 0 Å². The van der Waals surface area contributed by atoms with Crippen LogP contribution in [0.3, 0.4) is 0 Å². The minimum atomic E-state index is -0.474. The van der Waals surface area contributed by atoms with Crippen LogP contribution in [0.5, 0.6) is 0 Å². The molecular formula is C21H16BrN3. The lowest BCUT2D eigenvalue weighted by Crippen LogP contribution is -2.12. The lowest BCUT2D eigenvalue weighted by atomic mass is 10.0. The molecule has 1 unspecified atom stereocenters. The molecule has 0 N–H and O–H groups in total. The second-order valence-corrected chi connectivity index (χ2v) is 6.36. The maximum absolute atomic E-state index is 9.60. The van der Waals surface area contributed by atoms with Crippen molar-refractivity contribution in [2.45, 2.75) is 12.5 Å². The first-order valence-corrected chi connectivity index (χ1v) is 8.74. The summed E-state index contributed by atoms with van der Waals surface area (Å²) in [5.74, 6) is 0. The summed E-state index contributed by atoms with van der Waals surface area (Å²) in [6.45, 7) is 0. The van der Waals surface area contributed by atoms with E-state index in [0.717, 1.165) is 27.0 Å². The maximum Gasteiger partial charge on any atom is 0.141 e. The van der Waals surface area contributed by atoms with Gasteiger partial charge < -0.3 is 0 Å². The number of pyridine rings is 1. The molecule has 122 valence electrons. The number of hydrogen-bond acceptors (Lipinski definition) is 3. The van der Waals surface area contributed by atoms with Crippen molar-refractivity contribution >= 4 is 21.6 Å². The van der Waals surface area contributed by atoms with E-state index in [1.165, 1.54) is 0 Å². The van der Waals surface area contributed by atoms with Crippen molar-refractivity contribution in [3.63, 3.8) is 0 Å². The summed E-state index contributed by atoms with van der Waals surface area (Å²) in [5.41, 5.74) is 3.82. The Bertz CT molecular complexity index is 840. The summed E-state index contributed by atoms with van der Waals surface area (Å²) in [5, 5.41) is 9.60. The van der Waals surface area contributed by atoms with Crippen LogP contribution in [0.1, 0.15) is 16.7 Å². The van der Waals surface area contributed by atoms with Gasteiger partial charge in [-0.2, -0.15) is 5.26 Å². The van der Waals surface area contributed by atoms with Gasteiger partial charge in [0, 0.05) is 23.7 Å². The normalized spacial score (nSPS) is 11.4. The lowest BCUT2D eigenvalue weighted by Gasteiger charge is -2.11. The monoisotopic (exact) mass is 389 g/mol. The van der Waals surface area contributed by atoms with Gasteiger partial charge in [-0.15, -0.1) is 0 Å². The lowest BCUT2D eigenvalue weighted by molar-refractivity contribution is 0.820. The van der Waals surface area contributed by atoms with Crippen molar-refractivity contribution in [3.05, 3.63) is 100 Å². The second-order valence-electron chi connectivity index (χ2n) is 5.55. The largest absolute Gasteiger partial charge is 0.265 e. The molecule has 0 aliphatic carbocycles. The average molecular weight is 390 g/mol. The maximum atomic E-state index is 9.60. The molecule has 0 aliphatic heterocycles. The van der Waals surface area contributed by atoms with Gasteiger partial charge in [0.1, 0.15) is 10.6 Å². The third-order valence-corrected chi connectivity index (χ3v) is 4.22. The zero-order chi connectivity index (χ0) is 17.5. The predicted octanol–water partition coefficient (Wildman–Crippen LogP) is 4.82. The standard InChI is InChI=1S/C21H16BrN3/c22-20-12-11-16(15-24-20)13-19(14-23)25-21(17-7-3-1-4-8-17)18-9-5-2-6-10-18/h1-12,15,19H,13H2. The molecule has 0 radical (unpaired) electrons. The van der Waals surface area contributed by atoms with Crippen molar-refractivity contribution in [2.24, 2.45) is 4.99 Å². The number of rotatable bonds is 5. The summed E-state index contributed by atoms with van der Waals surface area (Å²) in [6, 6.07) is 25.6. The number of nitriles is 1. The van der Waals surface area contributed by atoms with Crippen molar-refractivity contribution in [3.8, 4) is 6.07 Å². The van der Waals surface area contributed by atoms with Gasteiger partial charge >= 0.3 is 0 Å². The highest BCUT2D eigenvalue weighted by Gasteiger charge is 2.12. The van der Waals surface area contributed by atoms with E-state index in [-0.39, 0.29) is 0 Å². The van der Waals surface area contributed by atoms with E-state index in [2.05, 4.69) is 27.0 Å². The van der Waals surface area contributed by atoms with Gasteiger partial charge in [0.2, 0.25) is 0 Å². The fourth-order valence-electron chi connectivity index (χ4n) is 2.53. The first-order valence-electron chi connectivity index (χ1n) is 7.95. The first-order chi connectivity index (χ1) is 12.3. The van der Waals surface area contributed by atoms with Crippen LogP contribution in [0.25, 0.3) is 0 Å². The molecule has 0 fully saturated rings. The molecule has 4 heteroatoms. The van der Waals surface area contributed by atoms with Gasteiger partial charge in [0.05, 0.1) is 11.8 Å². The van der Waals surface area contributed by atoms with Gasteiger partial charge in [0.15, 0.2) is 0 Å². The molecule has 3 nitrogen and oxygen atoms in total. The molecule has 25 heavy (non-hydrogen) atoms. The number of nitrogens with zero attached hydrogens (tertiary/aromatic N) is 3. The van der Waals surface area contributed by atoms with Crippen LogP contribution in [0.15, 0.2) is 88.6 Å². The molecule has 1 aromatic heterocycles. The fourth-order valence-corrected chi connectivity index (χ4v) is 2.77. The quantitative estimate of drug-likeness (QED) is 0.463. The Morgan fingerprint density at radius 1 is 0.960 bits per heavy atom. The summed E-state index contributed by atoms with van der Waals surface area (Å²) < 4.78 is 0.780. The van der Waals surface area contributed by atoms with E-state index in [1.807, 2.05) is 72.8 Å². The summed E-state index contributed by atoms with van der Waals surface area (Å²) in [6.07, 6.45) is 2.30. The molecule has 0 bridgehead atoms. The van der Waals surface area contributed by atoms with Crippen LogP contribution in [0.4, 0.5) is 0 Å². The molecule has 0 spiro atoms. The summed E-state index contributed by atoms with van der Waals surface area (Å²) in [4.78, 5) is 8.99. The van der Waals surface area contributed by atoms with Crippen LogP contribution >= 0.6 is 15.9 Å². The Balaban J connectivity index is 1.96. The molecule has 0 saturated heterocycles. The van der Waals surface area contributed by atoms with E-state index in [9.17, 15) is 5.26 Å². The number of halogens is 1. The van der Waals surface area contributed by atoms with Gasteiger partial charge in [-0.25, -0.2) is 4.98 Å². The van der Waals surface area contributed by atoms with Gasteiger partial charge in [-0.1, -0.05) is 66.7 Å². The van der Waals surface area contributed by atoms with Crippen molar-refractivity contribution in [1.82, 2.24) is 4.98 Å². The van der Waals surface area contributed by atoms with Gasteiger partial charge in [-0.3, -0.25) is 4.99 Å². The topological polar surface area (TPSA) is 49.0 Å². The molecule has 1 atom stereocenters. The molecule has 3 rings (SSSR count). The molecule has 3 aromatic rings. The smallest absolute Gasteiger partial charge is 0.141 e. The molecule has 0 saturated carbocycles. The third-order valence-electron chi connectivity index (χ3n) is 3.75. The second kappa shape index (κ2) is 8.36. The van der Waals surface area contributed by atoms with Crippen molar-refractivity contribution in [1.29, 1.82) is 5.26 Å². The van der Waals surface area contributed by atoms with E-state index >= 15 is 0 Å². The van der Waals surface area contributed by atoms with E-state index in [0.29, 0.717) is 6.42 Å². The van der Waals surface area contributed by atoms with Crippen LogP contribution < -0.4 is 0 Å². The van der Waals surface area contributed by atoms with E-state index in [4.69, 9.17) is 4.99 Å². The number of aromatic nitrogens is 1. The highest BCUT2D eigenvalue weighted by Crippen LogP contribution is 2.15. The zero-order valence-corrected chi connectivity index (χ0v) is 15.1. The zero-order valence-electron chi connectivity index (χ0n) is 13.5. The summed E-state index contributed by atoms with van der Waals surface area (Å²) in [7, 11) is 0. The Morgan fingerprint density at radius 3 is 2.04 bits per heavy atom. The average Bonchev–Trinajstić information content (AvgIpc) is 2.68. The van der Waals surface area contributed by atoms with Gasteiger partial charge in [-0.05, 0) is 27.6 Å². The molecule has 0 aliphatic rings. The number of aliphatic imine (C=N–C) groups is 1. The third kappa shape index (κ3) is 4.62. The SMILES string of the molecule is N#CC(Cc1ccc(Br)nc1)N=C(c1ccccc1)c1ccccc1. The predicted molar refractivity (Wildman–Crippen MR) is 104 cm³/mol. The van der Waals surface area contributed by atoms with Crippen molar-refractivity contribution in [2.75, 3.05) is 0 Å². The first kappa shape index (κ1) is 17.1.